The Morgan fingerprint density at radius 2 is 1.84 bits per heavy atom. The summed E-state index contributed by atoms with van der Waals surface area (Å²) in [5.41, 5.74) is 2.74. The minimum atomic E-state index is 0. The van der Waals surface area contributed by atoms with Crippen LogP contribution in [0.5, 0.6) is 0 Å². The van der Waals surface area contributed by atoms with Gasteiger partial charge in [-0.15, -0.1) is 12.0 Å². The van der Waals surface area contributed by atoms with Crippen molar-refractivity contribution in [3.8, 4) is 0 Å². The van der Waals surface area contributed by atoms with Crippen LogP contribution in [0, 0.1) is 5.92 Å². The van der Waals surface area contributed by atoms with Crippen LogP contribution in [0.25, 0.3) is 10.8 Å². The van der Waals surface area contributed by atoms with E-state index in [0.29, 0.717) is 6.17 Å². The van der Waals surface area contributed by atoms with Gasteiger partial charge in [-0.2, -0.15) is 11.6 Å². The second kappa shape index (κ2) is 4.54. The molecule has 2 aromatic carbocycles. The second-order valence-corrected chi connectivity index (χ2v) is 5.11. The van der Waals surface area contributed by atoms with Crippen LogP contribution >= 0.6 is 0 Å². The molecule has 1 atom stereocenters. The predicted molar refractivity (Wildman–Crippen MR) is 75.1 cm³/mol. The van der Waals surface area contributed by atoms with E-state index >= 15 is 0 Å². The summed E-state index contributed by atoms with van der Waals surface area (Å²) in [4.78, 5) is 4.65. The molecule has 2 aliphatic heterocycles. The van der Waals surface area contributed by atoms with Gasteiger partial charge in [-0.1, -0.05) is 42.3 Å². The Morgan fingerprint density at radius 3 is 2.68 bits per heavy atom. The number of benzene rings is 2. The first kappa shape index (κ1) is 13.0. The molecule has 2 heterocycles. The summed E-state index contributed by atoms with van der Waals surface area (Å²) in [7, 11) is 2.14. The summed E-state index contributed by atoms with van der Waals surface area (Å²) in [5, 5.41) is 2.66. The molecule has 0 N–H and O–H groups in total. The maximum absolute atomic E-state index is 2.38. The summed E-state index contributed by atoms with van der Waals surface area (Å²) in [5.74, 6) is 1.43. The third-order valence-electron chi connectivity index (χ3n) is 4.08. The first-order valence-corrected chi connectivity index (χ1v) is 6.31. The normalized spacial score (nSPS) is 19.7. The summed E-state index contributed by atoms with van der Waals surface area (Å²) in [6, 6.07) is 13.1. The van der Waals surface area contributed by atoms with E-state index in [1.54, 1.807) is 0 Å². The van der Waals surface area contributed by atoms with E-state index in [0.717, 1.165) is 0 Å². The zero-order valence-corrected chi connectivity index (χ0v) is 14.0. The molecule has 0 fully saturated rings. The van der Waals surface area contributed by atoms with Gasteiger partial charge in [-0.3, -0.25) is 0 Å². The van der Waals surface area contributed by atoms with E-state index in [-0.39, 0.29) is 32.7 Å². The molecule has 93 valence electrons. The molecule has 4 rings (SSSR count). The number of hydrogen-bond donors (Lipinski definition) is 0. The number of hydrogen-bond acceptors (Lipinski definition) is 2. The molecule has 0 aliphatic carbocycles. The van der Waals surface area contributed by atoms with Crippen LogP contribution in [0.2, 0.25) is 0 Å². The van der Waals surface area contributed by atoms with Crippen molar-refractivity contribution >= 4 is 16.5 Å². The molecule has 2 nitrogen and oxygen atoms in total. The van der Waals surface area contributed by atoms with Gasteiger partial charge in [0.1, 0.15) is 0 Å². The van der Waals surface area contributed by atoms with Crippen molar-refractivity contribution in [1.82, 2.24) is 4.90 Å². The molecule has 2 aromatic rings. The van der Waals surface area contributed by atoms with Gasteiger partial charge in [0.25, 0.3) is 0 Å². The van der Waals surface area contributed by atoms with Crippen molar-refractivity contribution in [1.29, 1.82) is 0 Å². The van der Waals surface area contributed by atoms with Gasteiger partial charge in [0.2, 0.25) is 0 Å². The van der Waals surface area contributed by atoms with E-state index in [1.807, 2.05) is 0 Å². The molecule has 0 bridgehead atoms. The predicted octanol–water partition coefficient (Wildman–Crippen LogP) is 3.34. The van der Waals surface area contributed by atoms with Crippen LogP contribution in [0.4, 0.5) is 5.69 Å². The molecule has 1 unspecified atom stereocenters. The Labute approximate surface area is 139 Å². The molecule has 3 heteroatoms. The summed E-state index contributed by atoms with van der Waals surface area (Å²) in [6.07, 6.45) is 4.71. The van der Waals surface area contributed by atoms with E-state index in [1.165, 1.54) is 27.9 Å². The fourth-order valence-electron chi connectivity index (χ4n) is 3.24. The molecule has 19 heavy (non-hydrogen) atoms. The quantitative estimate of drug-likeness (QED) is 0.686. The standard InChI is InChI=1S/C16H15N2.Y/c1-11-13-8-7-12-5-3-4-6-14(12)15(13)18-10-9-17(2)16(11)18;/h3-10,16H,1-2H3;/q-1;. The van der Waals surface area contributed by atoms with Crippen LogP contribution in [-0.2, 0) is 32.7 Å². The van der Waals surface area contributed by atoms with Crippen LogP contribution in [0.15, 0.2) is 48.8 Å². The zero-order chi connectivity index (χ0) is 12.3. The molecule has 0 spiro atoms. The summed E-state index contributed by atoms with van der Waals surface area (Å²) in [6.45, 7) is 2.24. The van der Waals surface area contributed by atoms with Gasteiger partial charge >= 0.3 is 0 Å². The monoisotopic (exact) mass is 324 g/mol. The molecular formula is C16H15N2Y-. The van der Waals surface area contributed by atoms with Gasteiger partial charge < -0.3 is 9.80 Å². The molecule has 1 radical (unpaired) electrons. The third-order valence-corrected chi connectivity index (χ3v) is 4.08. The van der Waals surface area contributed by atoms with Crippen molar-refractivity contribution in [2.45, 2.75) is 13.1 Å². The Kier molecular flexibility index (Phi) is 3.11. The number of fused-ring (bicyclic) bond motifs is 5. The molecule has 0 saturated carbocycles. The zero-order valence-electron chi connectivity index (χ0n) is 11.2. The van der Waals surface area contributed by atoms with Gasteiger partial charge in [-0.25, -0.2) is 0 Å². The van der Waals surface area contributed by atoms with Gasteiger partial charge in [0, 0.05) is 52.2 Å². The average Bonchev–Trinajstić information content (AvgIpc) is 2.90. The first-order chi connectivity index (χ1) is 8.77. The van der Waals surface area contributed by atoms with E-state index in [9.17, 15) is 0 Å². The van der Waals surface area contributed by atoms with Gasteiger partial charge in [0.15, 0.2) is 0 Å². The molecule has 0 aromatic heterocycles. The molecular weight excluding hydrogens is 309 g/mol. The Hall–Kier alpha value is -0.986. The van der Waals surface area contributed by atoms with Crippen LogP contribution in [0.1, 0.15) is 12.5 Å². The number of likely N-dealkylation sites (N-methyl/N-ethyl adjacent to an activating group) is 1. The fourth-order valence-corrected chi connectivity index (χ4v) is 3.24. The van der Waals surface area contributed by atoms with Gasteiger partial charge in [0.05, 0.1) is 6.17 Å². The summed E-state index contributed by atoms with van der Waals surface area (Å²) < 4.78 is 0. The van der Waals surface area contributed by atoms with Crippen LogP contribution < -0.4 is 4.90 Å². The van der Waals surface area contributed by atoms with Crippen LogP contribution in [-0.4, -0.2) is 18.1 Å². The smallest absolute Gasteiger partial charge is 0.0709 e. The minimum absolute atomic E-state index is 0. The Balaban J connectivity index is 0.00000110. The minimum Gasteiger partial charge on any atom is -0.385 e. The van der Waals surface area contributed by atoms with E-state index in [2.05, 4.69) is 72.6 Å². The van der Waals surface area contributed by atoms with Crippen molar-refractivity contribution in [3.63, 3.8) is 0 Å². The van der Waals surface area contributed by atoms with E-state index in [4.69, 9.17) is 0 Å². The molecule has 0 amide bonds. The topological polar surface area (TPSA) is 6.48 Å². The van der Waals surface area contributed by atoms with Crippen molar-refractivity contribution < 1.29 is 32.7 Å². The third kappa shape index (κ3) is 1.66. The van der Waals surface area contributed by atoms with Crippen molar-refractivity contribution in [3.05, 3.63) is 60.3 Å². The van der Waals surface area contributed by atoms with Gasteiger partial charge in [-0.05, 0) is 5.39 Å². The number of rotatable bonds is 0. The Bertz CT molecular complexity index is 665. The second-order valence-electron chi connectivity index (χ2n) is 5.11. The maximum Gasteiger partial charge on any atom is 0.0709 e. The maximum atomic E-state index is 2.38. The largest absolute Gasteiger partial charge is 0.385 e. The molecule has 0 saturated heterocycles. The molecule has 2 aliphatic rings. The van der Waals surface area contributed by atoms with E-state index < -0.39 is 0 Å². The number of anilines is 1. The van der Waals surface area contributed by atoms with Crippen LogP contribution in [0.3, 0.4) is 0 Å². The average molecular weight is 324 g/mol. The number of nitrogens with zero attached hydrogens (tertiary/aromatic N) is 2. The Morgan fingerprint density at radius 1 is 1.05 bits per heavy atom. The SMILES string of the molecule is C[C-]1c2ccc3ccccc3c2N2C=CN(C)C12.[Y]. The van der Waals surface area contributed by atoms with Crippen molar-refractivity contribution in [2.75, 3.05) is 11.9 Å². The first-order valence-electron chi connectivity index (χ1n) is 6.31. The van der Waals surface area contributed by atoms with Crippen molar-refractivity contribution in [2.24, 2.45) is 0 Å². The fraction of sp³-hybridized carbons (Fsp3) is 0.188. The summed E-state index contributed by atoms with van der Waals surface area (Å²) >= 11 is 0.